The number of piperazine rings is 2. The fourth-order valence-electron chi connectivity index (χ4n) is 4.06. The Morgan fingerprint density at radius 1 is 1.00 bits per heavy atom. The Labute approximate surface area is 160 Å². The van der Waals surface area contributed by atoms with Crippen LogP contribution in [0.5, 0.6) is 0 Å². The smallest absolute Gasteiger partial charge is 0.246 e. The van der Waals surface area contributed by atoms with Crippen LogP contribution in [0.1, 0.15) is 16.7 Å². The molecule has 0 bridgehead atoms. The van der Waals surface area contributed by atoms with Crippen LogP contribution in [0, 0.1) is 6.92 Å². The molecule has 0 unspecified atom stereocenters. The molecule has 0 aromatic heterocycles. The zero-order chi connectivity index (χ0) is 18.8. The molecule has 0 aliphatic carbocycles. The van der Waals surface area contributed by atoms with E-state index in [1.165, 1.54) is 11.1 Å². The van der Waals surface area contributed by atoms with Crippen molar-refractivity contribution in [3.63, 3.8) is 0 Å². The topological polar surface area (TPSA) is 52.6 Å². The molecule has 2 saturated heterocycles. The van der Waals surface area contributed by atoms with Gasteiger partial charge in [0.05, 0.1) is 0 Å². The first-order valence-corrected chi connectivity index (χ1v) is 9.53. The summed E-state index contributed by atoms with van der Waals surface area (Å²) >= 11 is 0. The summed E-state index contributed by atoms with van der Waals surface area (Å²) in [5, 5.41) is 2.95. The van der Waals surface area contributed by atoms with Crippen molar-refractivity contribution in [2.75, 3.05) is 19.6 Å². The summed E-state index contributed by atoms with van der Waals surface area (Å²) in [6.45, 7) is 4.88. The van der Waals surface area contributed by atoms with Crippen molar-refractivity contribution < 1.29 is 9.59 Å². The molecule has 27 heavy (non-hydrogen) atoms. The van der Waals surface area contributed by atoms with E-state index < -0.39 is 6.04 Å². The van der Waals surface area contributed by atoms with Crippen LogP contribution in [-0.4, -0.2) is 53.3 Å². The lowest BCUT2D eigenvalue weighted by Crippen LogP contribution is -2.69. The molecule has 2 amide bonds. The first kappa shape index (κ1) is 17.7. The number of hydrogen-bond donors (Lipinski definition) is 1. The first-order valence-electron chi connectivity index (χ1n) is 9.53. The van der Waals surface area contributed by atoms with Gasteiger partial charge in [-0.25, -0.2) is 0 Å². The van der Waals surface area contributed by atoms with Crippen molar-refractivity contribution in [1.82, 2.24) is 15.1 Å². The molecule has 5 nitrogen and oxygen atoms in total. The maximum absolute atomic E-state index is 12.9. The summed E-state index contributed by atoms with van der Waals surface area (Å²) in [7, 11) is 0. The third-order valence-corrected chi connectivity index (χ3v) is 5.44. The Morgan fingerprint density at radius 2 is 1.78 bits per heavy atom. The van der Waals surface area contributed by atoms with Crippen molar-refractivity contribution in [3.8, 4) is 0 Å². The normalized spacial score (nSPS) is 23.1. The number of amides is 2. The molecular weight excluding hydrogens is 338 g/mol. The summed E-state index contributed by atoms with van der Waals surface area (Å²) in [4.78, 5) is 29.6. The van der Waals surface area contributed by atoms with Gasteiger partial charge in [-0.2, -0.15) is 0 Å². The maximum Gasteiger partial charge on any atom is 0.246 e. The van der Waals surface area contributed by atoms with Gasteiger partial charge in [-0.05, 0) is 18.1 Å². The minimum absolute atomic E-state index is 0.0375. The van der Waals surface area contributed by atoms with E-state index in [4.69, 9.17) is 0 Å². The summed E-state index contributed by atoms with van der Waals surface area (Å²) < 4.78 is 0. The SMILES string of the molecule is Cc1cccc(CN2CCN3C(=O)[C@H](Cc4ccccc4)NC(=O)[C@H]3C2)c1. The van der Waals surface area contributed by atoms with Crippen molar-refractivity contribution >= 4 is 11.8 Å². The van der Waals surface area contributed by atoms with Gasteiger partial charge in [-0.1, -0.05) is 60.2 Å². The number of nitrogens with zero attached hydrogens (tertiary/aromatic N) is 2. The molecule has 0 radical (unpaired) electrons. The van der Waals surface area contributed by atoms with Crippen LogP contribution in [0.25, 0.3) is 0 Å². The van der Waals surface area contributed by atoms with Crippen LogP contribution < -0.4 is 5.32 Å². The predicted octanol–water partition coefficient (Wildman–Crippen LogP) is 1.75. The average Bonchev–Trinajstić information content (AvgIpc) is 2.67. The second kappa shape index (κ2) is 7.53. The Bertz CT molecular complexity index is 836. The quantitative estimate of drug-likeness (QED) is 0.900. The number of aryl methyl sites for hydroxylation is 1. The zero-order valence-electron chi connectivity index (χ0n) is 15.6. The summed E-state index contributed by atoms with van der Waals surface area (Å²) in [5.41, 5.74) is 3.54. The fraction of sp³-hybridized carbons (Fsp3) is 0.364. The van der Waals surface area contributed by atoms with Crippen LogP contribution in [0.2, 0.25) is 0 Å². The van der Waals surface area contributed by atoms with E-state index >= 15 is 0 Å². The Morgan fingerprint density at radius 3 is 2.56 bits per heavy atom. The predicted molar refractivity (Wildman–Crippen MR) is 104 cm³/mol. The van der Waals surface area contributed by atoms with Gasteiger partial charge >= 0.3 is 0 Å². The van der Waals surface area contributed by atoms with E-state index in [-0.39, 0.29) is 17.9 Å². The number of nitrogens with one attached hydrogen (secondary N) is 1. The largest absolute Gasteiger partial charge is 0.342 e. The number of carbonyl (C=O) groups is 2. The highest BCUT2D eigenvalue weighted by Gasteiger charge is 2.43. The van der Waals surface area contributed by atoms with Crippen molar-refractivity contribution in [2.24, 2.45) is 0 Å². The minimum Gasteiger partial charge on any atom is -0.342 e. The molecule has 2 aliphatic heterocycles. The van der Waals surface area contributed by atoms with Crippen molar-refractivity contribution in [2.45, 2.75) is 32.0 Å². The minimum atomic E-state index is -0.459. The number of benzene rings is 2. The van der Waals surface area contributed by atoms with E-state index in [9.17, 15) is 9.59 Å². The summed E-state index contributed by atoms with van der Waals surface area (Å²) in [5.74, 6) is 0.00290. The number of fused-ring (bicyclic) bond motifs is 1. The second-order valence-corrected chi connectivity index (χ2v) is 7.52. The third-order valence-electron chi connectivity index (χ3n) is 5.44. The van der Waals surface area contributed by atoms with Crippen LogP contribution in [0.15, 0.2) is 54.6 Å². The maximum atomic E-state index is 12.9. The van der Waals surface area contributed by atoms with Gasteiger partial charge in [0, 0.05) is 32.6 Å². The number of hydrogen-bond acceptors (Lipinski definition) is 3. The Kier molecular flexibility index (Phi) is 4.94. The van der Waals surface area contributed by atoms with E-state index in [0.717, 1.165) is 18.7 Å². The monoisotopic (exact) mass is 363 g/mol. The molecule has 0 spiro atoms. The molecule has 5 heteroatoms. The first-order chi connectivity index (χ1) is 13.1. The third kappa shape index (κ3) is 3.88. The van der Waals surface area contributed by atoms with Gasteiger partial charge in [0.2, 0.25) is 11.8 Å². The molecule has 2 heterocycles. The lowest BCUT2D eigenvalue weighted by molar-refractivity contribution is -0.153. The van der Waals surface area contributed by atoms with Gasteiger partial charge in [0.1, 0.15) is 12.1 Å². The van der Waals surface area contributed by atoms with Gasteiger partial charge in [-0.15, -0.1) is 0 Å². The molecular formula is C22H25N3O2. The van der Waals surface area contributed by atoms with Gasteiger partial charge in [0.15, 0.2) is 0 Å². The van der Waals surface area contributed by atoms with Gasteiger partial charge in [0.25, 0.3) is 0 Å². The Hall–Kier alpha value is -2.66. The lowest BCUT2D eigenvalue weighted by atomic mass is 9.98. The molecule has 2 fully saturated rings. The lowest BCUT2D eigenvalue weighted by Gasteiger charge is -2.45. The molecule has 2 aromatic carbocycles. The van der Waals surface area contributed by atoms with E-state index in [1.807, 2.05) is 30.3 Å². The molecule has 0 saturated carbocycles. The number of carbonyl (C=O) groups excluding carboxylic acids is 2. The van der Waals surface area contributed by atoms with Gasteiger partial charge < -0.3 is 10.2 Å². The molecule has 2 aromatic rings. The zero-order valence-corrected chi connectivity index (χ0v) is 15.6. The molecule has 2 aliphatic rings. The average molecular weight is 363 g/mol. The van der Waals surface area contributed by atoms with Crippen LogP contribution in [-0.2, 0) is 22.6 Å². The Balaban J connectivity index is 1.42. The highest BCUT2D eigenvalue weighted by Crippen LogP contribution is 2.20. The van der Waals surface area contributed by atoms with Crippen molar-refractivity contribution in [1.29, 1.82) is 0 Å². The van der Waals surface area contributed by atoms with E-state index in [0.29, 0.717) is 19.5 Å². The van der Waals surface area contributed by atoms with Crippen LogP contribution in [0.4, 0.5) is 0 Å². The molecule has 1 N–H and O–H groups in total. The standard InChI is InChI=1S/C22H25N3O2/c1-16-6-5-9-18(12-16)14-24-10-11-25-20(15-24)21(26)23-19(22(25)27)13-17-7-3-2-4-8-17/h2-9,12,19-20H,10-11,13-15H2,1H3,(H,23,26)/t19-,20+/m0/s1. The fourth-order valence-corrected chi connectivity index (χ4v) is 4.06. The highest BCUT2D eigenvalue weighted by molar-refractivity contribution is 5.97. The molecule has 4 rings (SSSR count). The highest BCUT2D eigenvalue weighted by atomic mass is 16.2. The molecule has 2 atom stereocenters. The van der Waals surface area contributed by atoms with E-state index in [1.54, 1.807) is 4.90 Å². The second-order valence-electron chi connectivity index (χ2n) is 7.52. The van der Waals surface area contributed by atoms with Crippen LogP contribution in [0.3, 0.4) is 0 Å². The summed E-state index contributed by atoms with van der Waals surface area (Å²) in [6, 6.07) is 17.4. The van der Waals surface area contributed by atoms with Crippen molar-refractivity contribution in [3.05, 3.63) is 71.3 Å². The van der Waals surface area contributed by atoms with Gasteiger partial charge in [-0.3, -0.25) is 14.5 Å². The number of rotatable bonds is 4. The van der Waals surface area contributed by atoms with Crippen LogP contribution >= 0.6 is 0 Å². The summed E-state index contributed by atoms with van der Waals surface area (Å²) in [6.07, 6.45) is 0.543. The molecule has 140 valence electrons. The van der Waals surface area contributed by atoms with E-state index in [2.05, 4.69) is 41.4 Å².